The quantitative estimate of drug-likeness (QED) is 0.656. The van der Waals surface area contributed by atoms with Crippen molar-refractivity contribution in [2.45, 2.75) is 0 Å². The first kappa shape index (κ1) is 15.6. The Morgan fingerprint density at radius 3 is 2.45 bits per heavy atom. The van der Waals surface area contributed by atoms with E-state index in [1.54, 1.807) is 43.6 Å². The summed E-state index contributed by atoms with van der Waals surface area (Å²) >= 11 is 5.06. The lowest BCUT2D eigenvalue weighted by molar-refractivity contribution is 0.0600. The molecule has 0 aliphatic carbocycles. The number of nitrogens with zero attached hydrogens (tertiary/aromatic N) is 2. The van der Waals surface area contributed by atoms with Gasteiger partial charge in [-0.3, -0.25) is 14.8 Å². The second kappa shape index (κ2) is 6.81. The van der Waals surface area contributed by atoms with Gasteiger partial charge in [-0.2, -0.15) is 5.10 Å². The average Bonchev–Trinajstić information content (AvgIpc) is 2.94. The van der Waals surface area contributed by atoms with Crippen LogP contribution in [0.3, 0.4) is 0 Å². The number of hydrogen-bond acceptors (Lipinski definition) is 5. The molecule has 0 bridgehead atoms. The molecule has 114 valence electrons. The first-order valence-corrected chi connectivity index (χ1v) is 6.71. The lowest BCUT2D eigenvalue weighted by Gasteiger charge is -2.09. The van der Waals surface area contributed by atoms with Crippen molar-refractivity contribution in [1.82, 2.24) is 15.1 Å². The maximum atomic E-state index is 11.9. The van der Waals surface area contributed by atoms with Crippen LogP contribution in [-0.4, -0.2) is 33.9 Å². The maximum absolute atomic E-state index is 11.9. The maximum Gasteiger partial charge on any atom is 0.337 e. The van der Waals surface area contributed by atoms with E-state index in [1.165, 1.54) is 11.8 Å². The van der Waals surface area contributed by atoms with Gasteiger partial charge in [-0.25, -0.2) is 4.79 Å². The van der Waals surface area contributed by atoms with Crippen molar-refractivity contribution in [2.24, 2.45) is 7.05 Å². The Hall–Kier alpha value is -2.74. The van der Waals surface area contributed by atoms with Gasteiger partial charge in [0.2, 0.25) is 0 Å². The summed E-state index contributed by atoms with van der Waals surface area (Å²) in [4.78, 5) is 23.2. The zero-order chi connectivity index (χ0) is 16.1. The van der Waals surface area contributed by atoms with E-state index in [2.05, 4.69) is 20.5 Å². The van der Waals surface area contributed by atoms with E-state index in [0.717, 1.165) is 0 Å². The minimum absolute atomic E-state index is 0.140. The molecule has 1 heterocycles. The van der Waals surface area contributed by atoms with Crippen LogP contribution in [0, 0.1) is 0 Å². The number of benzene rings is 1. The Morgan fingerprint density at radius 2 is 1.91 bits per heavy atom. The zero-order valence-corrected chi connectivity index (χ0v) is 12.8. The van der Waals surface area contributed by atoms with Gasteiger partial charge in [-0.1, -0.05) is 0 Å². The van der Waals surface area contributed by atoms with E-state index in [1.807, 2.05) is 0 Å². The summed E-state index contributed by atoms with van der Waals surface area (Å²) in [6.07, 6.45) is 1.66. The number of thiocarbonyl (C=S) groups is 1. The van der Waals surface area contributed by atoms with Crippen LogP contribution in [0.2, 0.25) is 0 Å². The summed E-state index contributed by atoms with van der Waals surface area (Å²) in [5.74, 6) is -0.818. The fourth-order valence-electron chi connectivity index (χ4n) is 1.67. The van der Waals surface area contributed by atoms with Crippen LogP contribution in [-0.2, 0) is 11.8 Å². The lowest BCUT2D eigenvalue weighted by atomic mass is 10.2. The van der Waals surface area contributed by atoms with Crippen molar-refractivity contribution in [3.8, 4) is 0 Å². The molecule has 0 fully saturated rings. The number of esters is 1. The molecule has 0 radical (unpaired) electrons. The SMILES string of the molecule is COC(=O)c1ccc(NC(=S)NC(=O)c2ccn(C)n2)cc1. The van der Waals surface area contributed by atoms with Gasteiger partial charge in [-0.15, -0.1) is 0 Å². The molecule has 0 unspecified atom stereocenters. The molecule has 0 saturated carbocycles. The number of carbonyl (C=O) groups excluding carboxylic acids is 2. The lowest BCUT2D eigenvalue weighted by Crippen LogP contribution is -2.34. The van der Waals surface area contributed by atoms with Gasteiger partial charge in [0.15, 0.2) is 10.8 Å². The van der Waals surface area contributed by atoms with Gasteiger partial charge in [0.1, 0.15) is 0 Å². The number of aryl methyl sites for hydroxylation is 1. The van der Waals surface area contributed by atoms with E-state index in [4.69, 9.17) is 12.2 Å². The highest BCUT2D eigenvalue weighted by atomic mass is 32.1. The van der Waals surface area contributed by atoms with E-state index in [0.29, 0.717) is 11.3 Å². The third-order valence-electron chi connectivity index (χ3n) is 2.74. The van der Waals surface area contributed by atoms with Crippen LogP contribution in [0.4, 0.5) is 5.69 Å². The van der Waals surface area contributed by atoms with Crippen LogP contribution < -0.4 is 10.6 Å². The van der Waals surface area contributed by atoms with Gasteiger partial charge < -0.3 is 10.1 Å². The van der Waals surface area contributed by atoms with E-state index >= 15 is 0 Å². The minimum Gasteiger partial charge on any atom is -0.465 e. The number of nitrogens with one attached hydrogen (secondary N) is 2. The highest BCUT2D eigenvalue weighted by Gasteiger charge is 2.11. The van der Waals surface area contributed by atoms with Crippen molar-refractivity contribution in [3.05, 3.63) is 47.8 Å². The number of aromatic nitrogens is 2. The first-order chi connectivity index (χ1) is 10.5. The first-order valence-electron chi connectivity index (χ1n) is 6.30. The standard InChI is InChI=1S/C14H14N4O3S/c1-18-8-7-11(17-18)12(19)16-14(22)15-10-5-3-9(4-6-10)13(20)21-2/h3-8H,1-2H3,(H2,15,16,19,22). The molecule has 0 spiro atoms. The molecule has 1 aromatic heterocycles. The average molecular weight is 318 g/mol. The van der Waals surface area contributed by atoms with Crippen LogP contribution in [0.5, 0.6) is 0 Å². The van der Waals surface area contributed by atoms with Crippen molar-refractivity contribution >= 4 is 34.9 Å². The van der Waals surface area contributed by atoms with E-state index < -0.39 is 11.9 Å². The van der Waals surface area contributed by atoms with Gasteiger partial charge >= 0.3 is 5.97 Å². The molecule has 2 aromatic rings. The molecule has 8 heteroatoms. The summed E-state index contributed by atoms with van der Waals surface area (Å²) in [7, 11) is 3.03. The molecule has 1 amide bonds. The number of carbonyl (C=O) groups is 2. The van der Waals surface area contributed by atoms with Crippen LogP contribution in [0.25, 0.3) is 0 Å². The predicted molar refractivity (Wildman–Crippen MR) is 84.7 cm³/mol. The number of rotatable bonds is 3. The van der Waals surface area contributed by atoms with Gasteiger partial charge in [-0.05, 0) is 42.5 Å². The van der Waals surface area contributed by atoms with Crippen LogP contribution >= 0.6 is 12.2 Å². The third-order valence-corrected chi connectivity index (χ3v) is 2.94. The van der Waals surface area contributed by atoms with Crippen molar-refractivity contribution in [3.63, 3.8) is 0 Å². The Bertz CT molecular complexity index is 709. The summed E-state index contributed by atoms with van der Waals surface area (Å²) in [5.41, 5.74) is 1.34. The number of methoxy groups -OCH3 is 1. The zero-order valence-electron chi connectivity index (χ0n) is 12.0. The molecule has 0 saturated heterocycles. The number of hydrogen-bond donors (Lipinski definition) is 2. The van der Waals surface area contributed by atoms with Gasteiger partial charge in [0, 0.05) is 18.9 Å². The molecule has 0 aliphatic heterocycles. The van der Waals surface area contributed by atoms with Crippen molar-refractivity contribution in [1.29, 1.82) is 0 Å². The fourth-order valence-corrected chi connectivity index (χ4v) is 1.88. The third kappa shape index (κ3) is 3.89. The molecule has 2 rings (SSSR count). The summed E-state index contributed by atoms with van der Waals surface area (Å²) in [5, 5.41) is 9.48. The monoisotopic (exact) mass is 318 g/mol. The Labute approximate surface area is 132 Å². The smallest absolute Gasteiger partial charge is 0.337 e. The molecular formula is C14H14N4O3S. The fraction of sp³-hybridized carbons (Fsp3) is 0.143. The second-order valence-electron chi connectivity index (χ2n) is 4.35. The Balaban J connectivity index is 1.94. The van der Waals surface area contributed by atoms with Crippen molar-refractivity contribution in [2.75, 3.05) is 12.4 Å². The molecule has 1 aromatic carbocycles. The summed E-state index contributed by atoms with van der Waals surface area (Å²) < 4.78 is 6.13. The normalized spacial score (nSPS) is 9.91. The summed E-state index contributed by atoms with van der Waals surface area (Å²) in [6, 6.07) is 8.09. The Morgan fingerprint density at radius 1 is 1.23 bits per heavy atom. The number of ether oxygens (including phenoxy) is 1. The topological polar surface area (TPSA) is 85.3 Å². The second-order valence-corrected chi connectivity index (χ2v) is 4.76. The van der Waals surface area contributed by atoms with Gasteiger partial charge in [0.05, 0.1) is 12.7 Å². The highest BCUT2D eigenvalue weighted by molar-refractivity contribution is 7.80. The van der Waals surface area contributed by atoms with Crippen LogP contribution in [0.1, 0.15) is 20.8 Å². The molecule has 7 nitrogen and oxygen atoms in total. The van der Waals surface area contributed by atoms with Gasteiger partial charge in [0.25, 0.3) is 5.91 Å². The molecular weight excluding hydrogens is 304 g/mol. The minimum atomic E-state index is -0.419. The molecule has 22 heavy (non-hydrogen) atoms. The predicted octanol–water partition coefficient (Wildman–Crippen LogP) is 1.33. The summed E-state index contributed by atoms with van der Waals surface area (Å²) in [6.45, 7) is 0. The largest absolute Gasteiger partial charge is 0.465 e. The molecule has 0 aliphatic rings. The number of anilines is 1. The van der Waals surface area contributed by atoms with E-state index in [9.17, 15) is 9.59 Å². The van der Waals surface area contributed by atoms with E-state index in [-0.39, 0.29) is 10.8 Å². The van der Waals surface area contributed by atoms with Crippen LogP contribution in [0.15, 0.2) is 36.5 Å². The highest BCUT2D eigenvalue weighted by Crippen LogP contribution is 2.10. The number of amides is 1. The molecule has 0 atom stereocenters. The molecule has 2 N–H and O–H groups in total. The Kier molecular flexibility index (Phi) is 4.84. The van der Waals surface area contributed by atoms with Crippen molar-refractivity contribution < 1.29 is 14.3 Å².